The second-order valence-corrected chi connectivity index (χ2v) is 9.06. The van der Waals surface area contributed by atoms with Crippen molar-refractivity contribution < 1.29 is 14.4 Å². The molecule has 0 spiro atoms. The Morgan fingerprint density at radius 2 is 1.71 bits per heavy atom. The SMILES string of the molecule is CC(c1ccc(-n2cncn2)cc1)N(C)C(=O)c1ccc2c(c1)C(=O)N(C1CCCCC1)C2=O. The Hall–Kier alpha value is -3.81. The van der Waals surface area contributed by atoms with Crippen LogP contribution in [0.2, 0.25) is 0 Å². The highest BCUT2D eigenvalue weighted by molar-refractivity contribution is 6.22. The van der Waals surface area contributed by atoms with Gasteiger partial charge in [0, 0.05) is 18.7 Å². The van der Waals surface area contributed by atoms with Gasteiger partial charge < -0.3 is 4.90 Å². The van der Waals surface area contributed by atoms with Gasteiger partial charge in [-0.3, -0.25) is 19.3 Å². The average molecular weight is 458 g/mol. The third-order valence-corrected chi connectivity index (χ3v) is 7.06. The summed E-state index contributed by atoms with van der Waals surface area (Å²) in [7, 11) is 1.74. The number of hydrogen-bond donors (Lipinski definition) is 0. The summed E-state index contributed by atoms with van der Waals surface area (Å²) in [6, 6.07) is 12.4. The van der Waals surface area contributed by atoms with Crippen LogP contribution in [-0.2, 0) is 0 Å². The molecule has 8 nitrogen and oxygen atoms in total. The van der Waals surface area contributed by atoms with E-state index in [1.54, 1.807) is 41.2 Å². The summed E-state index contributed by atoms with van der Waals surface area (Å²) >= 11 is 0. The van der Waals surface area contributed by atoms with E-state index in [-0.39, 0.29) is 29.8 Å². The molecule has 1 saturated carbocycles. The molecule has 0 radical (unpaired) electrons. The molecule has 1 unspecified atom stereocenters. The molecule has 1 atom stereocenters. The Labute approximate surface area is 198 Å². The van der Waals surface area contributed by atoms with Crippen molar-refractivity contribution in [1.29, 1.82) is 0 Å². The van der Waals surface area contributed by atoms with Crippen molar-refractivity contribution in [2.75, 3.05) is 7.05 Å². The van der Waals surface area contributed by atoms with Crippen molar-refractivity contribution in [3.05, 3.63) is 77.4 Å². The number of carbonyl (C=O) groups is 3. The molecule has 5 rings (SSSR count). The zero-order valence-electron chi connectivity index (χ0n) is 19.3. The summed E-state index contributed by atoms with van der Waals surface area (Å²) in [5.74, 6) is -0.715. The number of hydrogen-bond acceptors (Lipinski definition) is 5. The summed E-state index contributed by atoms with van der Waals surface area (Å²) in [6.07, 6.45) is 8.02. The van der Waals surface area contributed by atoms with E-state index in [0.29, 0.717) is 16.7 Å². The Morgan fingerprint density at radius 1 is 1.00 bits per heavy atom. The number of aromatic nitrogens is 3. The fraction of sp³-hybridized carbons (Fsp3) is 0.346. The predicted octanol–water partition coefficient (Wildman–Crippen LogP) is 4.03. The zero-order valence-corrected chi connectivity index (χ0v) is 19.3. The van der Waals surface area contributed by atoms with Gasteiger partial charge in [-0.1, -0.05) is 31.4 Å². The number of rotatable bonds is 5. The molecule has 2 aliphatic rings. The van der Waals surface area contributed by atoms with Gasteiger partial charge in [0.2, 0.25) is 0 Å². The molecule has 0 saturated heterocycles. The van der Waals surface area contributed by atoms with Crippen molar-refractivity contribution in [2.24, 2.45) is 0 Å². The highest BCUT2D eigenvalue weighted by atomic mass is 16.2. The van der Waals surface area contributed by atoms with E-state index >= 15 is 0 Å². The van der Waals surface area contributed by atoms with Crippen LogP contribution >= 0.6 is 0 Å². The van der Waals surface area contributed by atoms with Crippen LogP contribution in [0.3, 0.4) is 0 Å². The van der Waals surface area contributed by atoms with Crippen molar-refractivity contribution in [3.8, 4) is 5.69 Å². The van der Waals surface area contributed by atoms with Crippen LogP contribution in [0.4, 0.5) is 0 Å². The number of amides is 3. The average Bonchev–Trinajstić information content (AvgIpc) is 3.50. The van der Waals surface area contributed by atoms with E-state index in [9.17, 15) is 14.4 Å². The summed E-state index contributed by atoms with van der Waals surface area (Å²) in [5, 5.41) is 4.13. The topological polar surface area (TPSA) is 88.4 Å². The highest BCUT2D eigenvalue weighted by Crippen LogP contribution is 2.32. The van der Waals surface area contributed by atoms with Crippen LogP contribution in [0.15, 0.2) is 55.1 Å². The van der Waals surface area contributed by atoms with E-state index in [1.165, 1.54) is 11.2 Å². The summed E-state index contributed by atoms with van der Waals surface area (Å²) < 4.78 is 1.67. The minimum Gasteiger partial charge on any atom is -0.335 e. The number of fused-ring (bicyclic) bond motifs is 1. The normalized spacial score (nSPS) is 17.1. The van der Waals surface area contributed by atoms with Crippen LogP contribution in [0.1, 0.15) is 81.7 Å². The van der Waals surface area contributed by atoms with Crippen molar-refractivity contribution in [1.82, 2.24) is 24.6 Å². The van der Waals surface area contributed by atoms with Crippen molar-refractivity contribution >= 4 is 17.7 Å². The van der Waals surface area contributed by atoms with E-state index in [4.69, 9.17) is 0 Å². The zero-order chi connectivity index (χ0) is 23.8. The molecule has 8 heteroatoms. The van der Waals surface area contributed by atoms with E-state index in [0.717, 1.165) is 43.4 Å². The second kappa shape index (κ2) is 8.85. The Morgan fingerprint density at radius 3 is 2.38 bits per heavy atom. The third-order valence-electron chi connectivity index (χ3n) is 7.06. The smallest absolute Gasteiger partial charge is 0.261 e. The van der Waals surface area contributed by atoms with Crippen LogP contribution in [0.5, 0.6) is 0 Å². The Kier molecular flexibility index (Phi) is 5.73. The van der Waals surface area contributed by atoms with Crippen molar-refractivity contribution in [3.63, 3.8) is 0 Å². The molecule has 1 aliphatic heterocycles. The second-order valence-electron chi connectivity index (χ2n) is 9.06. The monoisotopic (exact) mass is 457 g/mol. The van der Waals surface area contributed by atoms with Gasteiger partial charge in [-0.15, -0.1) is 0 Å². The predicted molar refractivity (Wildman–Crippen MR) is 126 cm³/mol. The van der Waals surface area contributed by atoms with Gasteiger partial charge in [-0.05, 0) is 55.7 Å². The Balaban J connectivity index is 1.34. The van der Waals surface area contributed by atoms with Gasteiger partial charge in [0.05, 0.1) is 22.9 Å². The summed E-state index contributed by atoms with van der Waals surface area (Å²) in [5.41, 5.74) is 2.98. The standard InChI is InChI=1S/C26H27N5O3/c1-17(18-8-11-20(12-9-18)30-16-27-15-28-30)29(2)24(32)19-10-13-22-23(14-19)26(34)31(25(22)33)21-6-4-3-5-7-21/h8-17,21H,3-7H2,1-2H3. The first kappa shape index (κ1) is 22.0. The number of imide groups is 1. The van der Waals surface area contributed by atoms with E-state index in [1.807, 2.05) is 31.2 Å². The third kappa shape index (κ3) is 3.79. The maximum atomic E-state index is 13.3. The first-order valence-corrected chi connectivity index (χ1v) is 11.7. The molecule has 1 aromatic heterocycles. The van der Waals surface area contributed by atoms with Crippen LogP contribution < -0.4 is 0 Å². The minimum absolute atomic E-state index is 0.0384. The summed E-state index contributed by atoms with van der Waals surface area (Å²) in [4.78, 5) is 46.3. The number of carbonyl (C=O) groups excluding carboxylic acids is 3. The first-order chi connectivity index (χ1) is 16.5. The fourth-order valence-corrected chi connectivity index (χ4v) is 4.91. The van der Waals surface area contributed by atoms with Crippen LogP contribution in [0, 0.1) is 0 Å². The molecular weight excluding hydrogens is 430 g/mol. The molecule has 3 amide bonds. The molecule has 1 fully saturated rings. The Bertz CT molecular complexity index is 1230. The molecule has 0 N–H and O–H groups in total. The maximum Gasteiger partial charge on any atom is 0.261 e. The minimum atomic E-state index is -0.277. The largest absolute Gasteiger partial charge is 0.335 e. The number of nitrogens with zero attached hydrogens (tertiary/aromatic N) is 5. The molecule has 3 aromatic rings. The van der Waals surface area contributed by atoms with Gasteiger partial charge in [0.25, 0.3) is 17.7 Å². The lowest BCUT2D eigenvalue weighted by molar-refractivity contribution is 0.0548. The molecule has 2 aromatic carbocycles. The van der Waals surface area contributed by atoms with E-state index in [2.05, 4.69) is 10.1 Å². The molecule has 174 valence electrons. The maximum absolute atomic E-state index is 13.3. The van der Waals surface area contributed by atoms with Gasteiger partial charge in [-0.2, -0.15) is 5.10 Å². The molecule has 1 aliphatic carbocycles. The molecule has 2 heterocycles. The van der Waals surface area contributed by atoms with Gasteiger partial charge >= 0.3 is 0 Å². The first-order valence-electron chi connectivity index (χ1n) is 11.7. The molecule has 34 heavy (non-hydrogen) atoms. The quantitative estimate of drug-likeness (QED) is 0.540. The van der Waals surface area contributed by atoms with Crippen molar-refractivity contribution in [2.45, 2.75) is 51.1 Å². The lowest BCUT2D eigenvalue weighted by atomic mass is 9.94. The fourth-order valence-electron chi connectivity index (χ4n) is 4.91. The summed E-state index contributed by atoms with van der Waals surface area (Å²) in [6.45, 7) is 1.95. The van der Waals surface area contributed by atoms with Crippen LogP contribution in [-0.4, -0.2) is 55.4 Å². The highest BCUT2D eigenvalue weighted by Gasteiger charge is 2.40. The lowest BCUT2D eigenvalue weighted by Gasteiger charge is -2.29. The van der Waals surface area contributed by atoms with Gasteiger partial charge in [-0.25, -0.2) is 9.67 Å². The van der Waals surface area contributed by atoms with Gasteiger partial charge in [0.1, 0.15) is 12.7 Å². The number of benzene rings is 2. The molecular formula is C26H27N5O3. The lowest BCUT2D eigenvalue weighted by Crippen LogP contribution is -2.40. The van der Waals surface area contributed by atoms with Gasteiger partial charge in [0.15, 0.2) is 0 Å². The van der Waals surface area contributed by atoms with E-state index < -0.39 is 0 Å². The van der Waals surface area contributed by atoms with Crippen LogP contribution in [0.25, 0.3) is 5.69 Å². The molecule has 0 bridgehead atoms.